The minimum atomic E-state index is -0.176. The number of hydrogen-bond donors (Lipinski definition) is 1. The van der Waals surface area contributed by atoms with E-state index in [1.165, 1.54) is 0 Å². The van der Waals surface area contributed by atoms with Crippen LogP contribution < -0.4 is 5.32 Å². The van der Waals surface area contributed by atoms with Gasteiger partial charge in [-0.3, -0.25) is 4.79 Å². The minimum Gasteiger partial charge on any atom is -0.351 e. The highest BCUT2D eigenvalue weighted by Crippen LogP contribution is 2.37. The van der Waals surface area contributed by atoms with Gasteiger partial charge in [-0.25, -0.2) is 0 Å². The molecule has 0 saturated heterocycles. The van der Waals surface area contributed by atoms with Gasteiger partial charge in [-0.05, 0) is 32.1 Å². The molecular weight excluding hydrogens is 488 g/mol. The lowest BCUT2D eigenvalue weighted by Gasteiger charge is -2.38. The lowest BCUT2D eigenvalue weighted by molar-refractivity contribution is -0.127. The monoisotopic (exact) mass is 521 g/mol. The van der Waals surface area contributed by atoms with Crippen LogP contribution in [-0.2, 0) is 4.79 Å². The second-order valence-corrected chi connectivity index (χ2v) is 14.9. The molecule has 0 bridgehead atoms. The van der Waals surface area contributed by atoms with Gasteiger partial charge in [0, 0.05) is 12.4 Å². The Labute approximate surface area is 159 Å². The van der Waals surface area contributed by atoms with Crippen LogP contribution in [0.4, 0.5) is 0 Å². The molecule has 0 aromatic rings. The molecule has 1 unspecified atom stereocenters. The zero-order valence-corrected chi connectivity index (χ0v) is 19.5. The van der Waals surface area contributed by atoms with Crippen molar-refractivity contribution in [3.05, 3.63) is 0 Å². The standard InChI is InChI=1S/C17H33I2NO/c1-14(2,3)11-16(6,7)20-13(21)12(17(8,9)19)10-15(4,5)18/h12H,10-11H2,1-9H3,(H,20,21). The van der Waals surface area contributed by atoms with Gasteiger partial charge in [0.15, 0.2) is 0 Å². The van der Waals surface area contributed by atoms with E-state index in [9.17, 15) is 4.79 Å². The van der Waals surface area contributed by atoms with Gasteiger partial charge in [-0.1, -0.05) is 93.6 Å². The van der Waals surface area contributed by atoms with Crippen LogP contribution in [0.1, 0.15) is 75.2 Å². The maximum Gasteiger partial charge on any atom is 0.224 e. The van der Waals surface area contributed by atoms with Crippen LogP contribution in [0, 0.1) is 11.3 Å². The molecule has 0 saturated carbocycles. The number of halogens is 2. The van der Waals surface area contributed by atoms with Crippen molar-refractivity contribution in [3.8, 4) is 0 Å². The van der Waals surface area contributed by atoms with Crippen molar-refractivity contribution in [1.82, 2.24) is 5.32 Å². The van der Waals surface area contributed by atoms with E-state index in [1.54, 1.807) is 0 Å². The Kier molecular flexibility index (Phi) is 7.54. The molecule has 0 heterocycles. The fraction of sp³-hybridized carbons (Fsp3) is 0.941. The molecule has 4 heteroatoms. The summed E-state index contributed by atoms with van der Waals surface area (Å²) in [7, 11) is 0. The fourth-order valence-corrected chi connectivity index (χ4v) is 3.87. The fourth-order valence-electron chi connectivity index (χ4n) is 2.92. The van der Waals surface area contributed by atoms with Gasteiger partial charge in [-0.2, -0.15) is 0 Å². The number of hydrogen-bond acceptors (Lipinski definition) is 1. The van der Waals surface area contributed by atoms with E-state index in [2.05, 4.69) is 113 Å². The van der Waals surface area contributed by atoms with Gasteiger partial charge >= 0.3 is 0 Å². The van der Waals surface area contributed by atoms with Crippen LogP contribution in [0.25, 0.3) is 0 Å². The summed E-state index contributed by atoms with van der Waals surface area (Å²) in [6, 6.07) is 0. The Balaban J connectivity index is 5.08. The molecule has 0 aliphatic rings. The maximum absolute atomic E-state index is 12.8. The lowest BCUT2D eigenvalue weighted by atomic mass is 9.80. The number of carbonyl (C=O) groups excluding carboxylic acids is 1. The zero-order valence-electron chi connectivity index (χ0n) is 15.2. The number of alkyl halides is 2. The van der Waals surface area contributed by atoms with E-state index in [4.69, 9.17) is 0 Å². The summed E-state index contributed by atoms with van der Waals surface area (Å²) < 4.78 is 0.0679. The van der Waals surface area contributed by atoms with Crippen molar-refractivity contribution in [2.75, 3.05) is 0 Å². The quantitative estimate of drug-likeness (QED) is 0.350. The summed E-state index contributed by atoms with van der Waals surface area (Å²) in [6.45, 7) is 19.6. The highest BCUT2D eigenvalue weighted by molar-refractivity contribution is 14.1. The first-order valence-corrected chi connectivity index (χ1v) is 9.79. The normalized spacial score (nSPS) is 15.8. The summed E-state index contributed by atoms with van der Waals surface area (Å²) in [4.78, 5) is 12.8. The third-order valence-corrected chi connectivity index (χ3v) is 4.46. The lowest BCUT2D eigenvalue weighted by Crippen LogP contribution is -2.51. The Bertz CT molecular complexity index is 356. The smallest absolute Gasteiger partial charge is 0.224 e. The van der Waals surface area contributed by atoms with E-state index in [1.807, 2.05) is 0 Å². The summed E-state index contributed by atoms with van der Waals surface area (Å²) in [6.07, 6.45) is 1.86. The molecule has 1 atom stereocenters. The second-order valence-electron chi connectivity index (χ2n) is 9.15. The predicted molar refractivity (Wildman–Crippen MR) is 111 cm³/mol. The topological polar surface area (TPSA) is 29.1 Å². The first-order chi connectivity index (χ1) is 8.93. The SMILES string of the molecule is CC(C)(C)CC(C)(C)NC(=O)C(CC(C)(C)I)C(C)(C)I. The van der Waals surface area contributed by atoms with E-state index in [0.717, 1.165) is 12.8 Å². The average Bonchev–Trinajstić information content (AvgIpc) is 2.05. The molecule has 1 amide bonds. The Morgan fingerprint density at radius 2 is 1.38 bits per heavy atom. The van der Waals surface area contributed by atoms with Gasteiger partial charge < -0.3 is 5.32 Å². The third-order valence-electron chi connectivity index (χ3n) is 3.27. The molecule has 0 rings (SSSR count). The Morgan fingerprint density at radius 3 is 1.67 bits per heavy atom. The maximum atomic E-state index is 12.8. The molecule has 2 nitrogen and oxygen atoms in total. The van der Waals surface area contributed by atoms with Gasteiger partial charge in [-0.15, -0.1) is 0 Å². The van der Waals surface area contributed by atoms with Crippen molar-refractivity contribution >= 4 is 51.1 Å². The largest absolute Gasteiger partial charge is 0.351 e. The highest BCUT2D eigenvalue weighted by atomic mass is 127. The molecule has 0 aliphatic carbocycles. The molecule has 1 N–H and O–H groups in total. The molecule has 0 radical (unpaired) electrons. The molecule has 0 aliphatic heterocycles. The molecule has 0 aromatic heterocycles. The van der Waals surface area contributed by atoms with Gasteiger partial charge in [0.05, 0.1) is 5.92 Å². The second kappa shape index (κ2) is 7.22. The zero-order chi connectivity index (χ0) is 17.3. The van der Waals surface area contributed by atoms with E-state index in [0.29, 0.717) is 0 Å². The Hall–Kier alpha value is 0.930. The van der Waals surface area contributed by atoms with Gasteiger partial charge in [0.25, 0.3) is 0 Å². The number of nitrogens with one attached hydrogen (secondary N) is 1. The summed E-state index contributed by atoms with van der Waals surface area (Å²) >= 11 is 4.85. The van der Waals surface area contributed by atoms with Crippen LogP contribution in [0.3, 0.4) is 0 Å². The predicted octanol–water partition coefficient (Wildman–Crippen LogP) is 5.75. The molecule has 21 heavy (non-hydrogen) atoms. The van der Waals surface area contributed by atoms with E-state index in [-0.39, 0.29) is 29.6 Å². The summed E-state index contributed by atoms with van der Waals surface area (Å²) in [5, 5.41) is 3.29. The first kappa shape index (κ1) is 21.9. The van der Waals surface area contributed by atoms with E-state index >= 15 is 0 Å². The number of carbonyl (C=O) groups is 1. The van der Waals surface area contributed by atoms with Gasteiger partial charge in [0.2, 0.25) is 5.91 Å². The molecule has 0 spiro atoms. The summed E-state index contributed by atoms with van der Waals surface area (Å²) in [5.74, 6) is 0.206. The highest BCUT2D eigenvalue weighted by Gasteiger charge is 2.38. The van der Waals surface area contributed by atoms with Crippen LogP contribution in [-0.4, -0.2) is 18.3 Å². The number of rotatable bonds is 6. The van der Waals surface area contributed by atoms with Crippen LogP contribution in [0.5, 0.6) is 0 Å². The Morgan fingerprint density at radius 1 is 0.952 bits per heavy atom. The van der Waals surface area contributed by atoms with Crippen LogP contribution in [0.15, 0.2) is 0 Å². The molecule has 0 aromatic carbocycles. The minimum absolute atomic E-state index is 0.0178. The van der Waals surface area contributed by atoms with Crippen molar-refractivity contribution in [2.24, 2.45) is 11.3 Å². The van der Waals surface area contributed by atoms with Crippen molar-refractivity contribution in [3.63, 3.8) is 0 Å². The van der Waals surface area contributed by atoms with Gasteiger partial charge in [0.1, 0.15) is 0 Å². The van der Waals surface area contributed by atoms with E-state index < -0.39 is 0 Å². The molecular formula is C17H33I2NO. The molecule has 0 fully saturated rings. The molecule has 126 valence electrons. The van der Waals surface area contributed by atoms with Crippen LogP contribution in [0.2, 0.25) is 0 Å². The average molecular weight is 521 g/mol. The third kappa shape index (κ3) is 10.3. The van der Waals surface area contributed by atoms with Crippen molar-refractivity contribution < 1.29 is 4.79 Å². The first-order valence-electron chi connectivity index (χ1n) is 7.63. The number of amides is 1. The summed E-state index contributed by atoms with van der Waals surface area (Å²) in [5.41, 5.74) is 0.0273. The van der Waals surface area contributed by atoms with Crippen molar-refractivity contribution in [2.45, 2.75) is 87.5 Å². The van der Waals surface area contributed by atoms with Crippen LogP contribution >= 0.6 is 45.2 Å². The van der Waals surface area contributed by atoms with Crippen molar-refractivity contribution in [1.29, 1.82) is 0 Å².